The van der Waals surface area contributed by atoms with E-state index < -0.39 is 24.3 Å². The van der Waals surface area contributed by atoms with Crippen LogP contribution in [0.2, 0.25) is 0 Å². The van der Waals surface area contributed by atoms with Gasteiger partial charge >= 0.3 is 6.18 Å². The van der Waals surface area contributed by atoms with Crippen molar-refractivity contribution in [2.24, 2.45) is 0 Å². The third kappa shape index (κ3) is 2.99. The minimum Gasteiger partial charge on any atom is -0.394 e. The summed E-state index contributed by atoms with van der Waals surface area (Å²) in [6.45, 7) is 2.96. The van der Waals surface area contributed by atoms with Crippen LogP contribution in [0, 0.1) is 0 Å². The molecule has 28 heavy (non-hydrogen) atoms. The van der Waals surface area contributed by atoms with E-state index in [1.807, 2.05) is 49.4 Å². The molecule has 1 N–H and O–H groups in total. The van der Waals surface area contributed by atoms with Gasteiger partial charge in [-0.1, -0.05) is 55.5 Å². The Kier molecular flexibility index (Phi) is 4.67. The number of alkyl halides is 3. The third-order valence-corrected chi connectivity index (χ3v) is 6.27. The number of anilines is 1. The number of hydrogen-bond acceptors (Lipinski definition) is 3. The van der Waals surface area contributed by atoms with Crippen LogP contribution in [-0.2, 0) is 5.41 Å². The summed E-state index contributed by atoms with van der Waals surface area (Å²) in [5.41, 5.74) is 2.10. The van der Waals surface area contributed by atoms with Crippen LogP contribution in [-0.4, -0.2) is 41.5 Å². The summed E-state index contributed by atoms with van der Waals surface area (Å²) in [6.07, 6.45) is -4.03. The SMILES string of the molecule is C[C@H]1C[C@]2(C)c3ccccc3N(CC(F)(F)F)C2N1[C@H](CO)c1ccccc1. The van der Waals surface area contributed by atoms with Gasteiger partial charge in [0.05, 0.1) is 18.8 Å². The standard InChI is InChI=1S/C22H25F3N2O/c1-15-12-21(2)17-10-6-7-11-18(17)26(14-22(23,24)25)20(21)27(15)19(13-28)16-8-4-3-5-9-16/h3-11,15,19-20,28H,12-14H2,1-2H3/t15-,19+,20?,21+/m0/s1. The van der Waals surface area contributed by atoms with Crippen LogP contribution in [0.4, 0.5) is 18.9 Å². The van der Waals surface area contributed by atoms with Gasteiger partial charge in [-0.15, -0.1) is 0 Å². The van der Waals surface area contributed by atoms with E-state index in [0.717, 1.165) is 17.5 Å². The average Bonchev–Trinajstić information content (AvgIpc) is 3.04. The second kappa shape index (κ2) is 6.78. The number of likely N-dealkylation sites (tertiary alicyclic amines) is 1. The Labute approximate surface area is 163 Å². The number of hydrogen-bond donors (Lipinski definition) is 1. The topological polar surface area (TPSA) is 26.7 Å². The number of aliphatic hydroxyl groups is 1. The summed E-state index contributed by atoms with van der Waals surface area (Å²) >= 11 is 0. The predicted molar refractivity (Wildman–Crippen MR) is 103 cm³/mol. The van der Waals surface area contributed by atoms with Crippen LogP contribution in [0.1, 0.15) is 37.4 Å². The fraction of sp³-hybridized carbons (Fsp3) is 0.455. The van der Waals surface area contributed by atoms with E-state index in [9.17, 15) is 18.3 Å². The van der Waals surface area contributed by atoms with Gasteiger partial charge in [-0.25, -0.2) is 0 Å². The Morgan fingerprint density at radius 3 is 2.39 bits per heavy atom. The molecule has 2 aliphatic rings. The van der Waals surface area contributed by atoms with Crippen molar-refractivity contribution in [3.05, 3.63) is 65.7 Å². The van der Waals surface area contributed by atoms with Crippen molar-refractivity contribution >= 4 is 5.69 Å². The second-order valence-corrected chi connectivity index (χ2v) is 8.16. The number of nitrogens with zero attached hydrogens (tertiary/aromatic N) is 2. The molecule has 1 saturated heterocycles. The minimum atomic E-state index is -4.31. The molecule has 6 heteroatoms. The van der Waals surface area contributed by atoms with Crippen molar-refractivity contribution in [1.82, 2.24) is 4.90 Å². The first-order valence-electron chi connectivity index (χ1n) is 9.62. The van der Waals surface area contributed by atoms with Crippen molar-refractivity contribution < 1.29 is 18.3 Å². The quantitative estimate of drug-likeness (QED) is 0.834. The highest BCUT2D eigenvalue weighted by Crippen LogP contribution is 2.56. The molecule has 4 atom stereocenters. The molecule has 2 aromatic rings. The molecule has 0 aromatic heterocycles. The number of halogens is 3. The first kappa shape index (κ1) is 19.3. The lowest BCUT2D eigenvalue weighted by Gasteiger charge is -2.42. The van der Waals surface area contributed by atoms with Crippen molar-refractivity contribution in [3.8, 4) is 0 Å². The smallest absolute Gasteiger partial charge is 0.394 e. The Morgan fingerprint density at radius 2 is 1.75 bits per heavy atom. The summed E-state index contributed by atoms with van der Waals surface area (Å²) in [4.78, 5) is 3.57. The Bertz CT molecular complexity index is 841. The first-order valence-corrected chi connectivity index (χ1v) is 9.62. The van der Waals surface area contributed by atoms with Crippen LogP contribution in [0.15, 0.2) is 54.6 Å². The monoisotopic (exact) mass is 390 g/mol. The molecule has 2 aliphatic heterocycles. The first-order chi connectivity index (χ1) is 13.3. The van der Waals surface area contributed by atoms with Crippen LogP contribution in [0.3, 0.4) is 0 Å². The van der Waals surface area contributed by atoms with Gasteiger partial charge in [-0.3, -0.25) is 4.90 Å². The number of fused-ring (bicyclic) bond motifs is 3. The highest BCUT2D eigenvalue weighted by Gasteiger charge is 2.59. The van der Waals surface area contributed by atoms with Crippen LogP contribution in [0.5, 0.6) is 0 Å². The summed E-state index contributed by atoms with van der Waals surface area (Å²) in [5.74, 6) is 0. The van der Waals surface area contributed by atoms with Gasteiger partial charge in [-0.2, -0.15) is 13.2 Å². The van der Waals surface area contributed by atoms with Crippen LogP contribution in [0.25, 0.3) is 0 Å². The van der Waals surface area contributed by atoms with Crippen molar-refractivity contribution in [1.29, 1.82) is 0 Å². The fourth-order valence-electron chi connectivity index (χ4n) is 5.38. The van der Waals surface area contributed by atoms with E-state index in [1.54, 1.807) is 12.1 Å². The minimum absolute atomic E-state index is 0.0384. The maximum Gasteiger partial charge on any atom is 0.405 e. The van der Waals surface area contributed by atoms with Crippen molar-refractivity contribution in [2.45, 2.75) is 50.1 Å². The molecule has 150 valence electrons. The maximum atomic E-state index is 13.5. The van der Waals surface area contributed by atoms with Crippen LogP contribution < -0.4 is 4.90 Å². The van der Waals surface area contributed by atoms with E-state index in [2.05, 4.69) is 11.8 Å². The molecule has 0 saturated carbocycles. The van der Waals surface area contributed by atoms with Gasteiger partial charge in [0.25, 0.3) is 0 Å². The summed E-state index contributed by atoms with van der Waals surface area (Å²) in [7, 11) is 0. The lowest BCUT2D eigenvalue weighted by atomic mass is 9.80. The predicted octanol–water partition coefficient (Wildman–Crippen LogP) is 4.48. The van der Waals surface area contributed by atoms with Gasteiger partial charge in [-0.05, 0) is 30.5 Å². The largest absolute Gasteiger partial charge is 0.405 e. The molecular weight excluding hydrogens is 365 g/mol. The van der Waals surface area contributed by atoms with Crippen LogP contribution >= 0.6 is 0 Å². The van der Waals surface area contributed by atoms with Gasteiger partial charge in [0.15, 0.2) is 0 Å². The van der Waals surface area contributed by atoms with E-state index >= 15 is 0 Å². The van der Waals surface area contributed by atoms with Crippen molar-refractivity contribution in [3.63, 3.8) is 0 Å². The highest BCUT2D eigenvalue weighted by molar-refractivity contribution is 5.65. The molecule has 0 radical (unpaired) electrons. The van der Waals surface area contributed by atoms with Gasteiger partial charge in [0.1, 0.15) is 6.54 Å². The summed E-state index contributed by atoms with van der Waals surface area (Å²) < 4.78 is 40.5. The molecular formula is C22H25F3N2O. The Morgan fingerprint density at radius 1 is 1.11 bits per heavy atom. The van der Waals surface area contributed by atoms with Gasteiger partial charge < -0.3 is 10.0 Å². The van der Waals surface area contributed by atoms with E-state index in [4.69, 9.17) is 0 Å². The number of benzene rings is 2. The molecule has 4 rings (SSSR count). The molecule has 0 spiro atoms. The Hall–Kier alpha value is -2.05. The molecule has 2 heterocycles. The molecule has 0 aliphatic carbocycles. The van der Waals surface area contributed by atoms with Gasteiger partial charge in [0.2, 0.25) is 0 Å². The molecule has 0 amide bonds. The zero-order valence-electron chi connectivity index (χ0n) is 16.0. The fourth-order valence-corrected chi connectivity index (χ4v) is 5.38. The van der Waals surface area contributed by atoms with E-state index in [0.29, 0.717) is 5.69 Å². The Balaban J connectivity index is 1.82. The van der Waals surface area contributed by atoms with E-state index in [-0.39, 0.29) is 18.7 Å². The number of para-hydroxylation sites is 1. The van der Waals surface area contributed by atoms with E-state index in [1.165, 1.54) is 4.90 Å². The summed E-state index contributed by atoms with van der Waals surface area (Å²) in [5, 5.41) is 10.2. The average molecular weight is 390 g/mol. The zero-order valence-corrected chi connectivity index (χ0v) is 16.0. The molecule has 1 unspecified atom stereocenters. The summed E-state index contributed by atoms with van der Waals surface area (Å²) in [6, 6.07) is 16.7. The second-order valence-electron chi connectivity index (χ2n) is 8.16. The number of aliphatic hydroxyl groups excluding tert-OH is 1. The number of rotatable bonds is 4. The zero-order chi connectivity index (χ0) is 20.1. The lowest BCUT2D eigenvalue weighted by Crippen LogP contribution is -2.54. The maximum absolute atomic E-state index is 13.5. The normalized spacial score (nSPS) is 28.3. The molecule has 3 nitrogen and oxygen atoms in total. The van der Waals surface area contributed by atoms with Crippen molar-refractivity contribution in [2.75, 3.05) is 18.1 Å². The third-order valence-electron chi connectivity index (χ3n) is 6.27. The molecule has 1 fully saturated rings. The highest BCUT2D eigenvalue weighted by atomic mass is 19.4. The molecule has 2 aromatic carbocycles. The molecule has 0 bridgehead atoms. The lowest BCUT2D eigenvalue weighted by molar-refractivity contribution is -0.123. The van der Waals surface area contributed by atoms with Gasteiger partial charge in [0, 0.05) is 17.1 Å².